The van der Waals surface area contributed by atoms with Gasteiger partial charge in [-0.15, -0.1) is 0 Å². The molecule has 0 radical (unpaired) electrons. The van der Waals surface area contributed by atoms with Crippen LogP contribution in [0.2, 0.25) is 0 Å². The van der Waals surface area contributed by atoms with Crippen molar-refractivity contribution in [1.82, 2.24) is 5.32 Å². The van der Waals surface area contributed by atoms with E-state index in [1.54, 1.807) is 0 Å². The van der Waals surface area contributed by atoms with Gasteiger partial charge >= 0.3 is 0 Å². The van der Waals surface area contributed by atoms with Crippen LogP contribution in [0.15, 0.2) is 25.2 Å². The zero-order chi connectivity index (χ0) is 13.0. The highest BCUT2D eigenvalue weighted by Gasteiger charge is 2.08. The quantitative estimate of drug-likeness (QED) is 0.808. The second-order valence-electron chi connectivity index (χ2n) is 4.68. The first-order chi connectivity index (χ1) is 7.90. The van der Waals surface area contributed by atoms with Crippen LogP contribution in [0.5, 0.6) is 0 Å². The summed E-state index contributed by atoms with van der Waals surface area (Å²) >= 11 is 6.77. The molecule has 4 heteroatoms. The van der Waals surface area contributed by atoms with Crippen LogP contribution in [0, 0.1) is 5.92 Å². The summed E-state index contributed by atoms with van der Waals surface area (Å²) in [4.78, 5) is 0. The van der Waals surface area contributed by atoms with Crippen molar-refractivity contribution in [2.24, 2.45) is 5.92 Å². The number of halogens is 2. The smallest absolute Gasteiger partial charge is 0.184 e. The Hall–Kier alpha value is -0.0600. The first kappa shape index (κ1) is 15.0. The molecule has 0 saturated heterocycles. The summed E-state index contributed by atoms with van der Waals surface area (Å²) in [5, 5.41) is 3.44. The summed E-state index contributed by atoms with van der Waals surface area (Å²) in [6.07, 6.45) is 2.11. The molecule has 0 saturated carbocycles. The van der Waals surface area contributed by atoms with Crippen molar-refractivity contribution in [3.63, 3.8) is 0 Å². The molecular formula is C13H19Br2NO. The largest absolute Gasteiger partial charge is 0.449 e. The maximum Gasteiger partial charge on any atom is 0.184 e. The minimum atomic E-state index is 0.493. The van der Waals surface area contributed by atoms with E-state index in [-0.39, 0.29) is 0 Å². The van der Waals surface area contributed by atoms with Crippen molar-refractivity contribution in [2.75, 3.05) is 6.54 Å². The standard InChI is InChI=1S/C13H19Br2NO/c1-8(2)10(7-16-9(3)4)5-11-6-12(14)13(15)17-11/h5-6,8-9,16H,7H2,1-4H3. The third-order valence-electron chi connectivity index (χ3n) is 2.45. The van der Waals surface area contributed by atoms with Gasteiger partial charge in [0.1, 0.15) is 5.76 Å². The maximum atomic E-state index is 5.57. The van der Waals surface area contributed by atoms with Crippen molar-refractivity contribution in [3.05, 3.63) is 26.5 Å². The van der Waals surface area contributed by atoms with Crippen LogP contribution in [0.1, 0.15) is 33.5 Å². The molecule has 0 aliphatic rings. The van der Waals surface area contributed by atoms with Crippen molar-refractivity contribution in [2.45, 2.75) is 33.7 Å². The second-order valence-corrected chi connectivity index (χ2v) is 6.25. The van der Waals surface area contributed by atoms with E-state index in [0.29, 0.717) is 12.0 Å². The molecule has 2 nitrogen and oxygen atoms in total. The van der Waals surface area contributed by atoms with Gasteiger partial charge in [-0.25, -0.2) is 0 Å². The molecule has 17 heavy (non-hydrogen) atoms. The summed E-state index contributed by atoms with van der Waals surface area (Å²) in [5.41, 5.74) is 1.34. The topological polar surface area (TPSA) is 25.2 Å². The third kappa shape index (κ3) is 4.98. The SMILES string of the molecule is CC(C)NCC(=Cc1cc(Br)c(Br)o1)C(C)C. The Labute approximate surface area is 120 Å². The molecule has 1 aromatic rings. The van der Waals surface area contributed by atoms with E-state index < -0.39 is 0 Å². The van der Waals surface area contributed by atoms with E-state index in [1.807, 2.05) is 6.07 Å². The Morgan fingerprint density at radius 3 is 2.41 bits per heavy atom. The molecule has 0 unspecified atom stereocenters. The van der Waals surface area contributed by atoms with Gasteiger partial charge in [0.2, 0.25) is 0 Å². The van der Waals surface area contributed by atoms with Crippen molar-refractivity contribution >= 4 is 37.9 Å². The summed E-state index contributed by atoms with van der Waals surface area (Å²) in [5.74, 6) is 1.38. The van der Waals surface area contributed by atoms with Crippen LogP contribution >= 0.6 is 31.9 Å². The molecule has 96 valence electrons. The summed E-state index contributed by atoms with van der Waals surface area (Å²) in [6.45, 7) is 9.59. The van der Waals surface area contributed by atoms with E-state index >= 15 is 0 Å². The van der Waals surface area contributed by atoms with Crippen LogP contribution in [-0.4, -0.2) is 12.6 Å². The number of nitrogens with one attached hydrogen (secondary N) is 1. The average molecular weight is 365 g/mol. The zero-order valence-corrected chi connectivity index (χ0v) is 13.9. The van der Waals surface area contributed by atoms with E-state index in [0.717, 1.165) is 21.4 Å². The Balaban J connectivity index is 2.82. The Morgan fingerprint density at radius 2 is 2.00 bits per heavy atom. The fourth-order valence-electron chi connectivity index (χ4n) is 1.36. The first-order valence-corrected chi connectivity index (χ1v) is 7.37. The van der Waals surface area contributed by atoms with Gasteiger partial charge in [0, 0.05) is 12.6 Å². The minimum absolute atomic E-state index is 0.493. The molecule has 0 bridgehead atoms. The maximum absolute atomic E-state index is 5.57. The molecule has 1 N–H and O–H groups in total. The van der Waals surface area contributed by atoms with E-state index in [1.165, 1.54) is 5.57 Å². The number of hydrogen-bond donors (Lipinski definition) is 1. The summed E-state index contributed by atoms with van der Waals surface area (Å²) in [6, 6.07) is 2.47. The van der Waals surface area contributed by atoms with Crippen LogP contribution in [-0.2, 0) is 0 Å². The summed E-state index contributed by atoms with van der Waals surface area (Å²) in [7, 11) is 0. The van der Waals surface area contributed by atoms with Gasteiger partial charge in [-0.3, -0.25) is 0 Å². The van der Waals surface area contributed by atoms with Crippen molar-refractivity contribution in [3.8, 4) is 0 Å². The van der Waals surface area contributed by atoms with E-state index in [2.05, 4.69) is 70.9 Å². The van der Waals surface area contributed by atoms with Crippen LogP contribution in [0.4, 0.5) is 0 Å². The monoisotopic (exact) mass is 363 g/mol. The van der Waals surface area contributed by atoms with Gasteiger partial charge in [0.25, 0.3) is 0 Å². The molecule has 0 fully saturated rings. The first-order valence-electron chi connectivity index (χ1n) is 5.78. The second kappa shape index (κ2) is 6.76. The molecule has 0 aromatic carbocycles. The molecule has 0 atom stereocenters. The average Bonchev–Trinajstić information content (AvgIpc) is 2.52. The molecule has 0 spiro atoms. The lowest BCUT2D eigenvalue weighted by molar-refractivity contribution is 0.527. The Morgan fingerprint density at radius 1 is 1.35 bits per heavy atom. The lowest BCUT2D eigenvalue weighted by Gasteiger charge is -2.14. The highest BCUT2D eigenvalue weighted by molar-refractivity contribution is 9.13. The van der Waals surface area contributed by atoms with Crippen LogP contribution in [0.3, 0.4) is 0 Å². The van der Waals surface area contributed by atoms with Gasteiger partial charge in [0.05, 0.1) is 4.47 Å². The van der Waals surface area contributed by atoms with Gasteiger partial charge in [-0.05, 0) is 49.9 Å². The lowest BCUT2D eigenvalue weighted by Crippen LogP contribution is -2.26. The van der Waals surface area contributed by atoms with Gasteiger partial charge in [-0.1, -0.05) is 33.3 Å². The van der Waals surface area contributed by atoms with Gasteiger partial charge < -0.3 is 9.73 Å². The van der Waals surface area contributed by atoms with E-state index in [4.69, 9.17) is 4.42 Å². The molecule has 0 aliphatic carbocycles. The highest BCUT2D eigenvalue weighted by Crippen LogP contribution is 2.28. The molecule has 1 rings (SSSR count). The van der Waals surface area contributed by atoms with Crippen LogP contribution in [0.25, 0.3) is 6.08 Å². The van der Waals surface area contributed by atoms with Gasteiger partial charge in [-0.2, -0.15) is 0 Å². The minimum Gasteiger partial charge on any atom is -0.449 e. The van der Waals surface area contributed by atoms with Gasteiger partial charge in [0.15, 0.2) is 4.67 Å². The van der Waals surface area contributed by atoms with Crippen LogP contribution < -0.4 is 5.32 Å². The normalized spacial score (nSPS) is 12.8. The predicted molar refractivity (Wildman–Crippen MR) is 80.1 cm³/mol. The fourth-order valence-corrected chi connectivity index (χ4v) is 1.97. The third-order valence-corrected chi connectivity index (χ3v) is 4.16. The lowest BCUT2D eigenvalue weighted by atomic mass is 10.0. The van der Waals surface area contributed by atoms with Crippen molar-refractivity contribution < 1.29 is 4.42 Å². The van der Waals surface area contributed by atoms with Crippen molar-refractivity contribution in [1.29, 1.82) is 0 Å². The van der Waals surface area contributed by atoms with E-state index in [9.17, 15) is 0 Å². The number of rotatable bonds is 5. The predicted octanol–water partition coefficient (Wildman–Crippen LogP) is 4.84. The Kier molecular flexibility index (Phi) is 5.97. The molecular weight excluding hydrogens is 346 g/mol. The molecule has 0 amide bonds. The number of furan rings is 1. The highest BCUT2D eigenvalue weighted by atomic mass is 79.9. The zero-order valence-electron chi connectivity index (χ0n) is 10.7. The fraction of sp³-hybridized carbons (Fsp3) is 0.538. The Bertz CT molecular complexity index is 375. The molecule has 1 aromatic heterocycles. The molecule has 0 aliphatic heterocycles. The molecule has 1 heterocycles. The summed E-state index contributed by atoms with van der Waals surface area (Å²) < 4.78 is 7.25. The number of hydrogen-bond acceptors (Lipinski definition) is 2.